The van der Waals surface area contributed by atoms with Crippen LogP contribution >= 0.6 is 0 Å². The Hall–Kier alpha value is -1.44. The van der Waals surface area contributed by atoms with Crippen molar-refractivity contribution in [2.24, 2.45) is 5.73 Å². The molecule has 0 radical (unpaired) electrons. The van der Waals surface area contributed by atoms with Crippen molar-refractivity contribution in [3.8, 4) is 0 Å². The largest absolute Gasteiger partial charge is 0.320 e. The first-order chi connectivity index (χ1) is 8.75. The van der Waals surface area contributed by atoms with Crippen molar-refractivity contribution in [2.75, 3.05) is 20.4 Å². The van der Waals surface area contributed by atoms with E-state index in [0.29, 0.717) is 5.56 Å². The normalized spacial score (nSPS) is 13.1. The van der Waals surface area contributed by atoms with Crippen LogP contribution in [0.5, 0.6) is 0 Å². The quantitative estimate of drug-likeness (QED) is 0.768. The number of amides is 1. The summed E-state index contributed by atoms with van der Waals surface area (Å²) in [6.45, 7) is 0. The molecule has 2 N–H and O–H groups in total. The number of benzene rings is 1. The van der Waals surface area contributed by atoms with E-state index in [1.807, 2.05) is 0 Å². The van der Waals surface area contributed by atoms with E-state index in [2.05, 4.69) is 0 Å². The van der Waals surface area contributed by atoms with Gasteiger partial charge in [-0.15, -0.1) is 0 Å². The molecule has 6 nitrogen and oxygen atoms in total. The minimum atomic E-state index is -3.26. The summed E-state index contributed by atoms with van der Waals surface area (Å²) in [7, 11) is -0.426. The van der Waals surface area contributed by atoms with Crippen molar-refractivity contribution in [2.45, 2.75) is 17.4 Å². The van der Waals surface area contributed by atoms with Gasteiger partial charge in [0.2, 0.25) is 0 Å². The SMILES string of the molecule is CON(C)C(=O)[C@@H](N)Cc1cccc(S(C)(=O)=O)c1. The van der Waals surface area contributed by atoms with Gasteiger partial charge in [-0.1, -0.05) is 12.1 Å². The molecule has 0 saturated carbocycles. The topological polar surface area (TPSA) is 89.7 Å². The second-order valence-corrected chi connectivity index (χ2v) is 6.26. The molecule has 0 heterocycles. The second-order valence-electron chi connectivity index (χ2n) is 4.25. The van der Waals surface area contributed by atoms with Crippen LogP contribution in [0.15, 0.2) is 29.2 Å². The molecule has 0 bridgehead atoms. The highest BCUT2D eigenvalue weighted by Gasteiger charge is 2.19. The van der Waals surface area contributed by atoms with E-state index in [-0.39, 0.29) is 17.2 Å². The number of likely N-dealkylation sites (N-methyl/N-ethyl adjacent to an activating group) is 1. The Morgan fingerprint density at radius 2 is 2.11 bits per heavy atom. The van der Waals surface area contributed by atoms with Crippen LogP contribution in [-0.2, 0) is 25.9 Å². The molecule has 1 atom stereocenters. The number of hydroxylamine groups is 2. The Bertz CT molecular complexity index is 557. The highest BCUT2D eigenvalue weighted by molar-refractivity contribution is 7.90. The first-order valence-electron chi connectivity index (χ1n) is 5.62. The zero-order valence-corrected chi connectivity index (χ0v) is 12.0. The van der Waals surface area contributed by atoms with Gasteiger partial charge in [0.1, 0.15) is 0 Å². The predicted octanol–water partition coefficient (Wildman–Crippen LogP) is -0.0203. The number of nitrogens with two attached hydrogens (primary N) is 1. The molecule has 7 heteroatoms. The van der Waals surface area contributed by atoms with E-state index in [9.17, 15) is 13.2 Å². The molecule has 0 aliphatic rings. The average molecular weight is 286 g/mol. The summed E-state index contributed by atoms with van der Waals surface area (Å²) in [6, 6.07) is 5.61. The Labute approximate surface area is 113 Å². The number of hydrogen-bond donors (Lipinski definition) is 1. The van der Waals surface area contributed by atoms with Crippen LogP contribution in [-0.4, -0.2) is 45.8 Å². The van der Waals surface area contributed by atoms with Crippen LogP contribution in [0.2, 0.25) is 0 Å². The van der Waals surface area contributed by atoms with E-state index in [1.165, 1.54) is 26.3 Å². The molecular weight excluding hydrogens is 268 g/mol. The molecule has 0 unspecified atom stereocenters. The third kappa shape index (κ3) is 4.30. The third-order valence-corrected chi connectivity index (χ3v) is 3.79. The van der Waals surface area contributed by atoms with Crippen LogP contribution in [0.25, 0.3) is 0 Å². The fourth-order valence-electron chi connectivity index (χ4n) is 1.57. The van der Waals surface area contributed by atoms with Crippen molar-refractivity contribution >= 4 is 15.7 Å². The molecule has 106 valence electrons. The van der Waals surface area contributed by atoms with Gasteiger partial charge in [-0.25, -0.2) is 13.5 Å². The van der Waals surface area contributed by atoms with E-state index in [4.69, 9.17) is 10.6 Å². The van der Waals surface area contributed by atoms with Crippen molar-refractivity contribution in [3.63, 3.8) is 0 Å². The van der Waals surface area contributed by atoms with E-state index in [1.54, 1.807) is 12.1 Å². The van der Waals surface area contributed by atoms with Gasteiger partial charge >= 0.3 is 0 Å². The molecule has 0 spiro atoms. The molecule has 0 aliphatic heterocycles. The minimum absolute atomic E-state index is 0.213. The lowest BCUT2D eigenvalue weighted by molar-refractivity contribution is -0.170. The zero-order valence-electron chi connectivity index (χ0n) is 11.2. The number of nitrogens with zero attached hydrogens (tertiary/aromatic N) is 1. The van der Waals surface area contributed by atoms with Crippen molar-refractivity contribution in [1.29, 1.82) is 0 Å². The van der Waals surface area contributed by atoms with Crippen LogP contribution in [0.3, 0.4) is 0 Å². The van der Waals surface area contributed by atoms with Gasteiger partial charge in [-0.3, -0.25) is 9.63 Å². The monoisotopic (exact) mass is 286 g/mol. The Morgan fingerprint density at radius 1 is 1.47 bits per heavy atom. The van der Waals surface area contributed by atoms with Crippen molar-refractivity contribution in [1.82, 2.24) is 5.06 Å². The number of carbonyl (C=O) groups excluding carboxylic acids is 1. The molecule has 0 aliphatic carbocycles. The average Bonchev–Trinajstić information content (AvgIpc) is 2.36. The van der Waals surface area contributed by atoms with E-state index < -0.39 is 15.9 Å². The molecule has 0 aromatic heterocycles. The van der Waals surface area contributed by atoms with Crippen LogP contribution in [0, 0.1) is 0 Å². The van der Waals surface area contributed by atoms with Gasteiger partial charge in [0, 0.05) is 13.3 Å². The zero-order chi connectivity index (χ0) is 14.6. The Morgan fingerprint density at radius 3 is 2.63 bits per heavy atom. The summed E-state index contributed by atoms with van der Waals surface area (Å²) in [5, 5.41) is 1.05. The molecule has 1 aromatic carbocycles. The van der Waals surface area contributed by atoms with Crippen molar-refractivity contribution < 1.29 is 18.0 Å². The summed E-state index contributed by atoms with van der Waals surface area (Å²) in [5.41, 5.74) is 6.45. The summed E-state index contributed by atoms with van der Waals surface area (Å²) in [6.07, 6.45) is 1.38. The maximum Gasteiger partial charge on any atom is 0.263 e. The maximum absolute atomic E-state index is 11.7. The van der Waals surface area contributed by atoms with Gasteiger partial charge in [0.25, 0.3) is 5.91 Å². The van der Waals surface area contributed by atoms with Gasteiger partial charge < -0.3 is 5.73 Å². The molecule has 1 amide bonds. The van der Waals surface area contributed by atoms with Crippen molar-refractivity contribution in [3.05, 3.63) is 29.8 Å². The third-order valence-electron chi connectivity index (χ3n) is 2.68. The predicted molar refractivity (Wildman–Crippen MR) is 71.0 cm³/mol. The number of hydrogen-bond acceptors (Lipinski definition) is 5. The van der Waals surface area contributed by atoms with Gasteiger partial charge in [-0.05, 0) is 24.1 Å². The van der Waals surface area contributed by atoms with E-state index >= 15 is 0 Å². The van der Waals surface area contributed by atoms with E-state index in [0.717, 1.165) is 11.3 Å². The smallest absolute Gasteiger partial charge is 0.263 e. The first kappa shape index (κ1) is 15.6. The number of rotatable bonds is 5. The maximum atomic E-state index is 11.7. The van der Waals surface area contributed by atoms with Gasteiger partial charge in [0.15, 0.2) is 9.84 Å². The standard InChI is InChI=1S/C12H18N2O4S/c1-14(18-2)12(15)11(13)8-9-5-4-6-10(7-9)19(3,16)17/h4-7,11H,8,13H2,1-3H3/t11-/m0/s1. The highest BCUT2D eigenvalue weighted by atomic mass is 32.2. The lowest BCUT2D eigenvalue weighted by Crippen LogP contribution is -2.42. The summed E-state index contributed by atoms with van der Waals surface area (Å²) in [5.74, 6) is -0.368. The molecular formula is C12H18N2O4S. The molecule has 1 aromatic rings. The molecule has 1 rings (SSSR count). The number of sulfone groups is 1. The lowest BCUT2D eigenvalue weighted by atomic mass is 10.1. The van der Waals surface area contributed by atoms with Crippen LogP contribution in [0.4, 0.5) is 0 Å². The van der Waals surface area contributed by atoms with Gasteiger partial charge in [-0.2, -0.15) is 0 Å². The molecule has 19 heavy (non-hydrogen) atoms. The fraction of sp³-hybridized carbons (Fsp3) is 0.417. The minimum Gasteiger partial charge on any atom is -0.320 e. The second kappa shape index (κ2) is 6.14. The summed E-state index contributed by atoms with van der Waals surface area (Å²) in [4.78, 5) is 16.7. The Balaban J connectivity index is 2.86. The van der Waals surface area contributed by atoms with Crippen LogP contribution in [0.1, 0.15) is 5.56 Å². The summed E-state index contributed by atoms with van der Waals surface area (Å²) >= 11 is 0. The lowest BCUT2D eigenvalue weighted by Gasteiger charge is -2.18. The molecule has 0 fully saturated rings. The fourth-order valence-corrected chi connectivity index (χ4v) is 2.26. The first-order valence-corrected chi connectivity index (χ1v) is 7.51. The molecule has 0 saturated heterocycles. The number of carbonyl (C=O) groups is 1. The highest BCUT2D eigenvalue weighted by Crippen LogP contribution is 2.13. The van der Waals surface area contributed by atoms with Crippen LogP contribution < -0.4 is 5.73 Å². The van der Waals surface area contributed by atoms with Gasteiger partial charge in [0.05, 0.1) is 18.0 Å². The summed E-state index contributed by atoms with van der Waals surface area (Å²) < 4.78 is 22.9. The Kier molecular flexibility index (Phi) is 5.04.